The van der Waals surface area contributed by atoms with Crippen LogP contribution in [0.5, 0.6) is 0 Å². The van der Waals surface area contributed by atoms with Crippen LogP contribution < -0.4 is 0 Å². The quantitative estimate of drug-likeness (QED) is 0.893. The number of benzene rings is 1. The molecule has 0 atom stereocenters. The van der Waals surface area contributed by atoms with E-state index in [9.17, 15) is 4.79 Å². The molecule has 2 heterocycles. The molecule has 1 saturated heterocycles. The summed E-state index contributed by atoms with van der Waals surface area (Å²) in [5.41, 5.74) is 3.86. The van der Waals surface area contributed by atoms with Crippen LogP contribution in [-0.2, 0) is 4.79 Å². The molecule has 2 aromatic rings. The molecule has 0 radical (unpaired) electrons. The van der Waals surface area contributed by atoms with Gasteiger partial charge in [-0.1, -0.05) is 25.0 Å². The van der Waals surface area contributed by atoms with Gasteiger partial charge in [0.25, 0.3) is 0 Å². The standard InChI is InChI=1S/C19H26N2O/c1-3-4-5-19(22)21-10-8-15(9-11-21)18-13-16-12-14(2)6-7-17(16)20-18/h6-7,12-13,15,20H,3-5,8-11H2,1-2H3. The van der Waals surface area contributed by atoms with Crippen molar-refractivity contribution in [2.45, 2.75) is 51.9 Å². The molecule has 118 valence electrons. The van der Waals surface area contributed by atoms with Gasteiger partial charge in [-0.05, 0) is 49.8 Å². The zero-order valence-electron chi connectivity index (χ0n) is 13.7. The first-order chi connectivity index (χ1) is 10.7. The molecule has 0 unspecified atom stereocenters. The number of H-pyrrole nitrogens is 1. The Morgan fingerprint density at radius 1 is 1.27 bits per heavy atom. The number of amides is 1. The number of carbonyl (C=O) groups excluding carboxylic acids is 1. The van der Waals surface area contributed by atoms with Gasteiger partial charge in [0, 0.05) is 36.6 Å². The Bertz CT molecular complexity index is 650. The van der Waals surface area contributed by atoms with Crippen LogP contribution in [0.3, 0.4) is 0 Å². The van der Waals surface area contributed by atoms with Crippen LogP contribution in [0.1, 0.15) is 56.2 Å². The molecule has 1 aliphatic heterocycles. The van der Waals surface area contributed by atoms with Gasteiger partial charge in [-0.25, -0.2) is 0 Å². The molecule has 1 aromatic carbocycles. The number of aryl methyl sites for hydroxylation is 1. The van der Waals surface area contributed by atoms with Crippen LogP contribution in [0, 0.1) is 6.92 Å². The summed E-state index contributed by atoms with van der Waals surface area (Å²) in [7, 11) is 0. The number of aromatic nitrogens is 1. The lowest BCUT2D eigenvalue weighted by molar-refractivity contribution is -0.132. The summed E-state index contributed by atoms with van der Waals surface area (Å²) in [5.74, 6) is 0.899. The number of nitrogens with one attached hydrogen (secondary N) is 1. The lowest BCUT2D eigenvalue weighted by Gasteiger charge is -2.31. The fourth-order valence-electron chi connectivity index (χ4n) is 3.42. The first-order valence-corrected chi connectivity index (χ1v) is 8.54. The maximum absolute atomic E-state index is 12.1. The van der Waals surface area contributed by atoms with E-state index < -0.39 is 0 Å². The first kappa shape index (κ1) is 15.1. The molecule has 0 saturated carbocycles. The molecule has 0 spiro atoms. The molecule has 0 bridgehead atoms. The number of unbranched alkanes of at least 4 members (excludes halogenated alkanes) is 1. The van der Waals surface area contributed by atoms with Crippen molar-refractivity contribution in [3.8, 4) is 0 Å². The second-order valence-electron chi connectivity index (χ2n) is 6.57. The summed E-state index contributed by atoms with van der Waals surface area (Å²) >= 11 is 0. The molecule has 3 nitrogen and oxygen atoms in total. The monoisotopic (exact) mass is 298 g/mol. The third-order valence-corrected chi connectivity index (χ3v) is 4.83. The van der Waals surface area contributed by atoms with Gasteiger partial charge in [-0.2, -0.15) is 0 Å². The molecule has 1 N–H and O–H groups in total. The number of rotatable bonds is 4. The number of likely N-dealkylation sites (tertiary alicyclic amines) is 1. The summed E-state index contributed by atoms with van der Waals surface area (Å²) < 4.78 is 0. The van der Waals surface area contributed by atoms with Crippen LogP contribution in [0.25, 0.3) is 10.9 Å². The fourth-order valence-corrected chi connectivity index (χ4v) is 3.42. The number of hydrogen-bond donors (Lipinski definition) is 1. The van der Waals surface area contributed by atoms with Crippen LogP contribution in [0.15, 0.2) is 24.3 Å². The van der Waals surface area contributed by atoms with Crippen molar-refractivity contribution in [1.29, 1.82) is 0 Å². The highest BCUT2D eigenvalue weighted by molar-refractivity contribution is 5.81. The summed E-state index contributed by atoms with van der Waals surface area (Å²) in [5, 5.41) is 1.30. The van der Waals surface area contributed by atoms with Gasteiger partial charge >= 0.3 is 0 Å². The lowest BCUT2D eigenvalue weighted by Crippen LogP contribution is -2.37. The van der Waals surface area contributed by atoms with Crippen LogP contribution >= 0.6 is 0 Å². The number of hydrogen-bond acceptors (Lipinski definition) is 1. The van der Waals surface area contributed by atoms with Gasteiger partial charge in [0.05, 0.1) is 0 Å². The fraction of sp³-hybridized carbons (Fsp3) is 0.526. The third-order valence-electron chi connectivity index (χ3n) is 4.83. The van der Waals surface area contributed by atoms with Gasteiger partial charge in [-0.3, -0.25) is 4.79 Å². The minimum atomic E-state index is 0.340. The van der Waals surface area contributed by atoms with Gasteiger partial charge < -0.3 is 9.88 Å². The normalized spacial score (nSPS) is 16.4. The molecule has 1 amide bonds. The zero-order valence-corrected chi connectivity index (χ0v) is 13.7. The van der Waals surface area contributed by atoms with E-state index in [0.717, 1.165) is 38.8 Å². The second kappa shape index (κ2) is 6.55. The van der Waals surface area contributed by atoms with E-state index >= 15 is 0 Å². The number of piperidine rings is 1. The van der Waals surface area contributed by atoms with Gasteiger partial charge in [0.1, 0.15) is 0 Å². The minimum Gasteiger partial charge on any atom is -0.358 e. The average molecular weight is 298 g/mol. The highest BCUT2D eigenvalue weighted by Crippen LogP contribution is 2.30. The van der Waals surface area contributed by atoms with Crippen molar-refractivity contribution in [3.63, 3.8) is 0 Å². The zero-order chi connectivity index (χ0) is 15.5. The summed E-state index contributed by atoms with van der Waals surface area (Å²) in [6.45, 7) is 6.08. The molecular weight excluding hydrogens is 272 g/mol. The van der Waals surface area contributed by atoms with Gasteiger partial charge in [0.2, 0.25) is 5.91 Å². The molecule has 0 aliphatic carbocycles. The molecule has 3 rings (SSSR count). The Morgan fingerprint density at radius 3 is 2.77 bits per heavy atom. The van der Waals surface area contributed by atoms with Gasteiger partial charge in [0.15, 0.2) is 0 Å². The summed E-state index contributed by atoms with van der Waals surface area (Å²) in [4.78, 5) is 17.7. The maximum atomic E-state index is 12.1. The van der Waals surface area contributed by atoms with Crippen LogP contribution in [0.2, 0.25) is 0 Å². The molecule has 1 aliphatic rings. The van der Waals surface area contributed by atoms with Crippen LogP contribution in [-0.4, -0.2) is 28.9 Å². The van der Waals surface area contributed by atoms with E-state index in [-0.39, 0.29) is 0 Å². The van der Waals surface area contributed by atoms with E-state index in [1.54, 1.807) is 0 Å². The minimum absolute atomic E-state index is 0.340. The number of aromatic amines is 1. The smallest absolute Gasteiger partial charge is 0.222 e. The molecule has 1 aromatic heterocycles. The van der Waals surface area contributed by atoms with Crippen LogP contribution in [0.4, 0.5) is 0 Å². The predicted molar refractivity (Wildman–Crippen MR) is 91.1 cm³/mol. The topological polar surface area (TPSA) is 36.1 Å². The second-order valence-corrected chi connectivity index (χ2v) is 6.57. The van der Waals surface area contributed by atoms with Crippen molar-refractivity contribution < 1.29 is 4.79 Å². The Labute approximate surface area is 132 Å². The third kappa shape index (κ3) is 3.18. The van der Waals surface area contributed by atoms with Crippen molar-refractivity contribution >= 4 is 16.8 Å². The van der Waals surface area contributed by atoms with E-state index in [1.165, 1.54) is 22.2 Å². The SMILES string of the molecule is CCCCC(=O)N1CCC(c2cc3cc(C)ccc3[nH]2)CC1. The summed E-state index contributed by atoms with van der Waals surface area (Å²) in [6, 6.07) is 8.84. The first-order valence-electron chi connectivity index (χ1n) is 8.54. The number of fused-ring (bicyclic) bond motifs is 1. The largest absolute Gasteiger partial charge is 0.358 e. The number of nitrogens with zero attached hydrogens (tertiary/aromatic N) is 1. The van der Waals surface area contributed by atoms with Crippen molar-refractivity contribution in [3.05, 3.63) is 35.5 Å². The van der Waals surface area contributed by atoms with Crippen molar-refractivity contribution in [1.82, 2.24) is 9.88 Å². The summed E-state index contributed by atoms with van der Waals surface area (Å²) in [6.07, 6.45) is 4.97. The predicted octanol–water partition coefficient (Wildman–Crippen LogP) is 4.37. The molecule has 3 heteroatoms. The molecule has 22 heavy (non-hydrogen) atoms. The Kier molecular flexibility index (Phi) is 4.51. The Hall–Kier alpha value is -1.77. The maximum Gasteiger partial charge on any atom is 0.222 e. The number of carbonyl (C=O) groups is 1. The lowest BCUT2D eigenvalue weighted by atomic mass is 9.93. The van der Waals surface area contributed by atoms with E-state index in [1.807, 2.05) is 0 Å². The van der Waals surface area contributed by atoms with Crippen molar-refractivity contribution in [2.24, 2.45) is 0 Å². The molecule has 1 fully saturated rings. The molecular formula is C19H26N2O. The van der Waals surface area contributed by atoms with E-state index in [4.69, 9.17) is 0 Å². The highest BCUT2D eigenvalue weighted by Gasteiger charge is 2.24. The van der Waals surface area contributed by atoms with Gasteiger partial charge in [-0.15, -0.1) is 0 Å². The Morgan fingerprint density at radius 2 is 2.05 bits per heavy atom. The van der Waals surface area contributed by atoms with E-state index in [0.29, 0.717) is 18.2 Å². The average Bonchev–Trinajstić information content (AvgIpc) is 2.95. The van der Waals surface area contributed by atoms with Crippen molar-refractivity contribution in [2.75, 3.05) is 13.1 Å². The Balaban J connectivity index is 1.64. The highest BCUT2D eigenvalue weighted by atomic mass is 16.2. The van der Waals surface area contributed by atoms with E-state index in [2.05, 4.69) is 48.0 Å².